The van der Waals surface area contributed by atoms with Crippen LogP contribution in [0.4, 0.5) is 0 Å². The highest BCUT2D eigenvalue weighted by Gasteiger charge is 1.92. The maximum absolute atomic E-state index is 10.1. The fraction of sp³-hybridized carbons (Fsp3) is 0. The Bertz CT molecular complexity index is 325. The zero-order chi connectivity index (χ0) is 8.97. The summed E-state index contributed by atoms with van der Waals surface area (Å²) in [5.74, 6) is -1.03. The third-order valence-corrected chi connectivity index (χ3v) is 1.20. The quantitative estimate of drug-likeness (QED) is 0.703. The summed E-state index contributed by atoms with van der Waals surface area (Å²) in [6, 6.07) is 0. The maximum Gasteiger partial charge on any atom is 0.328 e. The minimum Gasteiger partial charge on any atom is -0.478 e. The van der Waals surface area contributed by atoms with Gasteiger partial charge in [0.25, 0.3) is 0 Å². The van der Waals surface area contributed by atoms with Gasteiger partial charge in [0.15, 0.2) is 0 Å². The van der Waals surface area contributed by atoms with Crippen molar-refractivity contribution >= 4 is 23.6 Å². The number of rotatable bonds is 2. The van der Waals surface area contributed by atoms with Gasteiger partial charge in [-0.15, -0.1) is 0 Å². The molecule has 4 nitrogen and oxygen atoms in total. The summed E-state index contributed by atoms with van der Waals surface area (Å²) in [7, 11) is 0. The van der Waals surface area contributed by atoms with Crippen molar-refractivity contribution < 1.29 is 9.90 Å². The van der Waals surface area contributed by atoms with E-state index in [-0.39, 0.29) is 5.15 Å². The highest BCUT2D eigenvalue weighted by atomic mass is 35.5. The number of aromatic nitrogens is 2. The molecule has 0 amide bonds. The van der Waals surface area contributed by atoms with Crippen molar-refractivity contribution in [2.24, 2.45) is 0 Å². The Labute approximate surface area is 73.5 Å². The second-order valence-electron chi connectivity index (χ2n) is 1.94. The molecule has 0 spiro atoms. The van der Waals surface area contributed by atoms with Crippen LogP contribution in [0.1, 0.15) is 5.69 Å². The van der Waals surface area contributed by atoms with Crippen molar-refractivity contribution in [1.82, 2.24) is 9.97 Å². The minimum atomic E-state index is -1.03. The summed E-state index contributed by atoms with van der Waals surface area (Å²) in [5, 5.41) is 8.51. The molecule has 0 saturated heterocycles. The van der Waals surface area contributed by atoms with Gasteiger partial charge in [-0.3, -0.25) is 4.98 Å². The summed E-state index contributed by atoms with van der Waals surface area (Å²) in [4.78, 5) is 17.6. The summed E-state index contributed by atoms with van der Waals surface area (Å²) >= 11 is 5.51. The molecular weight excluding hydrogens is 180 g/mol. The average Bonchev–Trinajstić information content (AvgIpc) is 2.01. The van der Waals surface area contributed by atoms with E-state index in [0.29, 0.717) is 5.69 Å². The van der Waals surface area contributed by atoms with Gasteiger partial charge in [0, 0.05) is 6.08 Å². The van der Waals surface area contributed by atoms with Gasteiger partial charge in [-0.2, -0.15) is 0 Å². The van der Waals surface area contributed by atoms with E-state index in [4.69, 9.17) is 16.7 Å². The Morgan fingerprint density at radius 1 is 1.58 bits per heavy atom. The van der Waals surface area contributed by atoms with Gasteiger partial charge < -0.3 is 5.11 Å². The SMILES string of the molecule is O=C(O)C=Cc1cncc(Cl)n1. The molecule has 1 heterocycles. The molecule has 0 unspecified atom stereocenters. The van der Waals surface area contributed by atoms with Crippen LogP contribution in [0.25, 0.3) is 6.08 Å². The molecule has 0 radical (unpaired) electrons. The lowest BCUT2D eigenvalue weighted by molar-refractivity contribution is -0.131. The Morgan fingerprint density at radius 2 is 2.33 bits per heavy atom. The smallest absolute Gasteiger partial charge is 0.328 e. The Kier molecular flexibility index (Phi) is 2.76. The second-order valence-corrected chi connectivity index (χ2v) is 2.33. The molecule has 0 atom stereocenters. The molecule has 0 fully saturated rings. The molecule has 0 aliphatic heterocycles. The van der Waals surface area contributed by atoms with E-state index in [2.05, 4.69) is 9.97 Å². The Morgan fingerprint density at radius 3 is 2.92 bits per heavy atom. The maximum atomic E-state index is 10.1. The topological polar surface area (TPSA) is 63.1 Å². The van der Waals surface area contributed by atoms with Crippen LogP contribution in [-0.4, -0.2) is 21.0 Å². The zero-order valence-electron chi connectivity index (χ0n) is 5.94. The lowest BCUT2D eigenvalue weighted by atomic mass is 10.4. The largest absolute Gasteiger partial charge is 0.478 e. The number of carboxylic acids is 1. The molecule has 0 aliphatic rings. The molecule has 5 heteroatoms. The number of nitrogens with zero attached hydrogens (tertiary/aromatic N) is 2. The van der Waals surface area contributed by atoms with Crippen LogP contribution in [-0.2, 0) is 4.79 Å². The molecule has 1 rings (SSSR count). The second kappa shape index (κ2) is 3.82. The van der Waals surface area contributed by atoms with E-state index in [0.717, 1.165) is 6.08 Å². The van der Waals surface area contributed by atoms with Gasteiger partial charge >= 0.3 is 5.97 Å². The average molecular weight is 185 g/mol. The molecular formula is C7H5ClN2O2. The normalized spacial score (nSPS) is 10.4. The van der Waals surface area contributed by atoms with E-state index < -0.39 is 5.97 Å². The van der Waals surface area contributed by atoms with Crippen LogP contribution in [0, 0.1) is 0 Å². The molecule has 1 aromatic heterocycles. The number of hydrogen-bond donors (Lipinski definition) is 1. The molecule has 1 aromatic rings. The van der Waals surface area contributed by atoms with E-state index in [1.54, 1.807) is 0 Å². The van der Waals surface area contributed by atoms with Crippen LogP contribution in [0.15, 0.2) is 18.5 Å². The highest BCUT2D eigenvalue weighted by Crippen LogP contribution is 2.03. The Hall–Kier alpha value is -1.42. The summed E-state index contributed by atoms with van der Waals surface area (Å²) in [5.41, 5.74) is 0.421. The van der Waals surface area contributed by atoms with E-state index >= 15 is 0 Å². The van der Waals surface area contributed by atoms with Gasteiger partial charge in [0.05, 0.1) is 18.1 Å². The van der Waals surface area contributed by atoms with Gasteiger partial charge in [0.2, 0.25) is 0 Å². The lowest BCUT2D eigenvalue weighted by Gasteiger charge is -1.90. The molecule has 62 valence electrons. The number of halogens is 1. The monoisotopic (exact) mass is 184 g/mol. The third-order valence-electron chi connectivity index (χ3n) is 1.02. The van der Waals surface area contributed by atoms with E-state index in [9.17, 15) is 4.79 Å². The van der Waals surface area contributed by atoms with E-state index in [1.807, 2.05) is 0 Å². The first-order chi connectivity index (χ1) is 5.68. The molecule has 1 N–H and O–H groups in total. The molecule has 0 aliphatic carbocycles. The predicted octanol–water partition coefficient (Wildman–Crippen LogP) is 1.23. The standard InChI is InChI=1S/C7H5ClN2O2/c8-6-4-9-3-5(10-6)1-2-7(11)12/h1-4H,(H,11,12). The first kappa shape index (κ1) is 8.67. The van der Waals surface area contributed by atoms with Crippen molar-refractivity contribution in [3.63, 3.8) is 0 Å². The summed E-state index contributed by atoms with van der Waals surface area (Å²) in [6.07, 6.45) is 5.09. The molecule has 0 saturated carbocycles. The summed E-state index contributed by atoms with van der Waals surface area (Å²) in [6.45, 7) is 0. The number of carboxylic acid groups (broad SMARTS) is 1. The van der Waals surface area contributed by atoms with Crippen molar-refractivity contribution in [3.05, 3.63) is 29.3 Å². The number of hydrogen-bond acceptors (Lipinski definition) is 3. The highest BCUT2D eigenvalue weighted by molar-refractivity contribution is 6.29. The van der Waals surface area contributed by atoms with Gasteiger partial charge in [-0.1, -0.05) is 11.6 Å². The first-order valence-electron chi connectivity index (χ1n) is 3.07. The predicted molar refractivity (Wildman–Crippen MR) is 43.7 cm³/mol. The fourth-order valence-corrected chi connectivity index (χ4v) is 0.747. The molecule has 0 bridgehead atoms. The molecule has 0 aromatic carbocycles. The van der Waals surface area contributed by atoms with Crippen LogP contribution in [0.2, 0.25) is 5.15 Å². The van der Waals surface area contributed by atoms with Crippen LogP contribution in [0.3, 0.4) is 0 Å². The molecule has 12 heavy (non-hydrogen) atoms. The number of carbonyl (C=O) groups is 1. The van der Waals surface area contributed by atoms with Crippen molar-refractivity contribution in [2.75, 3.05) is 0 Å². The van der Waals surface area contributed by atoms with E-state index in [1.165, 1.54) is 18.5 Å². The Balaban J connectivity index is 2.83. The van der Waals surface area contributed by atoms with Gasteiger partial charge in [0.1, 0.15) is 5.15 Å². The van der Waals surface area contributed by atoms with Crippen molar-refractivity contribution in [3.8, 4) is 0 Å². The fourth-order valence-electron chi connectivity index (χ4n) is 0.593. The van der Waals surface area contributed by atoms with Crippen LogP contribution < -0.4 is 0 Å². The summed E-state index contributed by atoms with van der Waals surface area (Å²) < 4.78 is 0. The van der Waals surface area contributed by atoms with Gasteiger partial charge in [-0.25, -0.2) is 9.78 Å². The van der Waals surface area contributed by atoms with Crippen molar-refractivity contribution in [1.29, 1.82) is 0 Å². The van der Waals surface area contributed by atoms with Crippen LogP contribution in [0.5, 0.6) is 0 Å². The van der Waals surface area contributed by atoms with Crippen molar-refractivity contribution in [2.45, 2.75) is 0 Å². The van der Waals surface area contributed by atoms with Gasteiger partial charge in [-0.05, 0) is 6.08 Å². The first-order valence-corrected chi connectivity index (χ1v) is 3.45. The minimum absolute atomic E-state index is 0.238. The zero-order valence-corrected chi connectivity index (χ0v) is 6.69. The third kappa shape index (κ3) is 2.67. The number of aliphatic carboxylic acids is 1. The van der Waals surface area contributed by atoms with Crippen LogP contribution >= 0.6 is 11.6 Å². The lowest BCUT2D eigenvalue weighted by Crippen LogP contribution is -1.88.